The first-order valence-electron chi connectivity index (χ1n) is 11.6. The predicted octanol–water partition coefficient (Wildman–Crippen LogP) is 2.61. The number of ether oxygens (including phenoxy) is 1. The van der Waals surface area contributed by atoms with Crippen LogP contribution in [-0.4, -0.2) is 50.8 Å². The Labute approximate surface area is 201 Å². The zero-order chi connectivity index (χ0) is 24.4. The number of fused-ring (bicyclic) bond motifs is 4. The van der Waals surface area contributed by atoms with E-state index >= 15 is 0 Å². The second kappa shape index (κ2) is 9.57. The van der Waals surface area contributed by atoms with Gasteiger partial charge in [-0.05, 0) is 53.2 Å². The van der Waals surface area contributed by atoms with Crippen molar-refractivity contribution in [3.63, 3.8) is 0 Å². The van der Waals surface area contributed by atoms with Crippen LogP contribution in [0.3, 0.4) is 0 Å². The van der Waals surface area contributed by atoms with Crippen molar-refractivity contribution < 1.29 is 24.2 Å². The molecule has 0 radical (unpaired) electrons. The largest absolute Gasteiger partial charge is 0.481 e. The Bertz CT molecular complexity index is 1240. The fourth-order valence-electron chi connectivity index (χ4n) is 4.80. The van der Waals surface area contributed by atoms with Crippen molar-refractivity contribution in [2.24, 2.45) is 0 Å². The summed E-state index contributed by atoms with van der Waals surface area (Å²) in [6.07, 6.45) is 1.98. The van der Waals surface area contributed by atoms with Gasteiger partial charge >= 0.3 is 12.1 Å². The SMILES string of the molecule is O=C(O)CC(NC(=O)OCC1c2ccccc2-c2ccccc21)C(=O)Nn1nnc2c1CCCC2. The van der Waals surface area contributed by atoms with Gasteiger partial charge in [-0.3, -0.25) is 9.59 Å². The molecule has 2 aromatic carbocycles. The second-order valence-electron chi connectivity index (χ2n) is 8.70. The molecule has 0 bridgehead atoms. The highest BCUT2D eigenvalue weighted by Crippen LogP contribution is 2.44. The first kappa shape index (κ1) is 22.6. The molecule has 2 amide bonds. The Morgan fingerprint density at radius 3 is 2.37 bits per heavy atom. The van der Waals surface area contributed by atoms with Crippen LogP contribution in [0.2, 0.25) is 0 Å². The van der Waals surface area contributed by atoms with Gasteiger partial charge in [-0.1, -0.05) is 48.5 Å². The molecule has 1 aromatic heterocycles. The molecule has 1 heterocycles. The van der Waals surface area contributed by atoms with Crippen LogP contribution in [0, 0.1) is 0 Å². The molecule has 1 unspecified atom stereocenters. The number of amides is 2. The summed E-state index contributed by atoms with van der Waals surface area (Å²) in [5, 5.41) is 19.7. The number of nitrogens with zero attached hydrogens (tertiary/aromatic N) is 3. The summed E-state index contributed by atoms with van der Waals surface area (Å²) < 4.78 is 5.47. The normalized spacial score (nSPS) is 14.9. The lowest BCUT2D eigenvalue weighted by Gasteiger charge is -2.19. The van der Waals surface area contributed by atoms with Crippen LogP contribution < -0.4 is 10.7 Å². The van der Waals surface area contributed by atoms with E-state index in [2.05, 4.69) is 21.1 Å². The van der Waals surface area contributed by atoms with E-state index in [0.717, 1.165) is 52.9 Å². The van der Waals surface area contributed by atoms with E-state index in [-0.39, 0.29) is 12.5 Å². The molecule has 3 N–H and O–H groups in total. The summed E-state index contributed by atoms with van der Waals surface area (Å²) in [5.41, 5.74) is 8.46. The van der Waals surface area contributed by atoms with E-state index in [1.807, 2.05) is 48.5 Å². The first-order chi connectivity index (χ1) is 17.0. The van der Waals surface area contributed by atoms with E-state index in [4.69, 9.17) is 4.74 Å². The molecule has 5 rings (SSSR count). The number of nitrogens with one attached hydrogen (secondary N) is 2. The van der Waals surface area contributed by atoms with Crippen molar-refractivity contribution in [1.82, 2.24) is 20.4 Å². The van der Waals surface area contributed by atoms with Crippen LogP contribution in [0.5, 0.6) is 0 Å². The molecule has 180 valence electrons. The fraction of sp³-hybridized carbons (Fsp3) is 0.320. The number of rotatable bonds is 7. The highest BCUT2D eigenvalue weighted by Gasteiger charge is 2.31. The van der Waals surface area contributed by atoms with Gasteiger partial charge in [0, 0.05) is 5.92 Å². The number of aromatic nitrogens is 3. The van der Waals surface area contributed by atoms with E-state index in [1.165, 1.54) is 4.79 Å². The fourth-order valence-corrected chi connectivity index (χ4v) is 4.80. The molecule has 10 heteroatoms. The molecule has 1 atom stereocenters. The number of alkyl carbamates (subject to hydrolysis) is 1. The van der Waals surface area contributed by atoms with Gasteiger partial charge in [0.1, 0.15) is 12.6 Å². The minimum absolute atomic E-state index is 0.0534. The number of aliphatic carboxylic acids is 1. The molecule has 0 saturated carbocycles. The molecule has 35 heavy (non-hydrogen) atoms. The van der Waals surface area contributed by atoms with Crippen molar-refractivity contribution in [3.05, 3.63) is 71.0 Å². The van der Waals surface area contributed by atoms with Gasteiger partial charge in [0.2, 0.25) is 0 Å². The molecule has 10 nitrogen and oxygen atoms in total. The predicted molar refractivity (Wildman–Crippen MR) is 125 cm³/mol. The third-order valence-corrected chi connectivity index (χ3v) is 6.47. The lowest BCUT2D eigenvalue weighted by atomic mass is 9.98. The van der Waals surface area contributed by atoms with Crippen LogP contribution in [-0.2, 0) is 27.2 Å². The summed E-state index contributed by atoms with van der Waals surface area (Å²) in [6.45, 7) is 0.0534. The third kappa shape index (κ3) is 4.59. The zero-order valence-electron chi connectivity index (χ0n) is 18.9. The summed E-state index contributed by atoms with van der Waals surface area (Å²) >= 11 is 0. The van der Waals surface area contributed by atoms with Crippen LogP contribution in [0.15, 0.2) is 48.5 Å². The molecule has 0 aliphatic heterocycles. The zero-order valence-corrected chi connectivity index (χ0v) is 18.9. The molecule has 2 aliphatic rings. The summed E-state index contributed by atoms with van der Waals surface area (Å²) in [6, 6.07) is 14.5. The minimum Gasteiger partial charge on any atom is -0.481 e. The van der Waals surface area contributed by atoms with Gasteiger partial charge in [0.05, 0.1) is 17.8 Å². The van der Waals surface area contributed by atoms with Gasteiger partial charge in [-0.25, -0.2) is 10.2 Å². The summed E-state index contributed by atoms with van der Waals surface area (Å²) in [7, 11) is 0. The van der Waals surface area contributed by atoms with Gasteiger partial charge in [-0.15, -0.1) is 5.10 Å². The number of carbonyl (C=O) groups is 3. The van der Waals surface area contributed by atoms with Crippen LogP contribution in [0.4, 0.5) is 4.79 Å². The Hall–Kier alpha value is -4.21. The molecule has 0 fully saturated rings. The number of carbonyl (C=O) groups excluding carboxylic acids is 2. The molecule has 0 saturated heterocycles. The Morgan fingerprint density at radius 1 is 1.03 bits per heavy atom. The quantitative estimate of drug-likeness (QED) is 0.478. The van der Waals surface area contributed by atoms with E-state index in [1.54, 1.807) is 0 Å². The van der Waals surface area contributed by atoms with Gasteiger partial charge in [-0.2, -0.15) is 4.79 Å². The number of carboxylic acids is 1. The van der Waals surface area contributed by atoms with Crippen molar-refractivity contribution >= 4 is 18.0 Å². The van der Waals surface area contributed by atoms with E-state index in [9.17, 15) is 19.5 Å². The van der Waals surface area contributed by atoms with Gasteiger partial charge in [0.15, 0.2) is 0 Å². The topological polar surface area (TPSA) is 135 Å². The van der Waals surface area contributed by atoms with Crippen molar-refractivity contribution in [3.8, 4) is 11.1 Å². The highest BCUT2D eigenvalue weighted by molar-refractivity contribution is 5.94. The number of benzene rings is 2. The van der Waals surface area contributed by atoms with Crippen LogP contribution >= 0.6 is 0 Å². The Kier molecular flexibility index (Phi) is 6.17. The third-order valence-electron chi connectivity index (χ3n) is 6.47. The molecular weight excluding hydrogens is 450 g/mol. The smallest absolute Gasteiger partial charge is 0.407 e. The highest BCUT2D eigenvalue weighted by atomic mass is 16.5. The van der Waals surface area contributed by atoms with Crippen molar-refractivity contribution in [2.45, 2.75) is 44.1 Å². The maximum absolute atomic E-state index is 12.8. The molecule has 0 spiro atoms. The second-order valence-corrected chi connectivity index (χ2v) is 8.70. The molecular formula is C25H25N5O5. The molecule has 2 aliphatic carbocycles. The Balaban J connectivity index is 1.25. The molecule has 3 aromatic rings. The average molecular weight is 476 g/mol. The minimum atomic E-state index is -1.34. The van der Waals surface area contributed by atoms with E-state index < -0.39 is 30.4 Å². The lowest BCUT2D eigenvalue weighted by Crippen LogP contribution is -2.47. The van der Waals surface area contributed by atoms with Crippen LogP contribution in [0.25, 0.3) is 11.1 Å². The number of hydrogen-bond acceptors (Lipinski definition) is 6. The summed E-state index contributed by atoms with van der Waals surface area (Å²) in [5.74, 6) is -2.09. The first-order valence-corrected chi connectivity index (χ1v) is 11.6. The van der Waals surface area contributed by atoms with E-state index in [0.29, 0.717) is 6.42 Å². The van der Waals surface area contributed by atoms with Gasteiger partial charge in [0.25, 0.3) is 5.91 Å². The summed E-state index contributed by atoms with van der Waals surface area (Å²) in [4.78, 5) is 38.1. The maximum Gasteiger partial charge on any atom is 0.407 e. The number of aryl methyl sites for hydroxylation is 1. The van der Waals surface area contributed by atoms with Crippen molar-refractivity contribution in [1.29, 1.82) is 0 Å². The lowest BCUT2D eigenvalue weighted by molar-refractivity contribution is -0.139. The standard InChI is InChI=1S/C25H25N5O5/c31-23(32)13-21(24(33)28-30-22-12-6-5-11-20(22)27-29-30)26-25(34)35-14-19-17-9-3-1-7-15(17)16-8-2-4-10-18(16)19/h1-4,7-10,19,21H,5-6,11-14H2,(H,26,34)(H,28,33)(H,31,32). The maximum atomic E-state index is 12.8. The number of carboxylic acid groups (broad SMARTS) is 1. The van der Waals surface area contributed by atoms with Crippen molar-refractivity contribution in [2.75, 3.05) is 12.0 Å². The average Bonchev–Trinajstić information content (AvgIpc) is 3.41. The monoisotopic (exact) mass is 475 g/mol. The van der Waals surface area contributed by atoms with Crippen LogP contribution in [0.1, 0.15) is 47.7 Å². The Morgan fingerprint density at radius 2 is 1.69 bits per heavy atom. The van der Waals surface area contributed by atoms with Gasteiger partial charge < -0.3 is 15.2 Å². The number of hydrogen-bond donors (Lipinski definition) is 3.